The molecule has 0 radical (unpaired) electrons. The van der Waals surface area contributed by atoms with Crippen LogP contribution in [0, 0.1) is 5.82 Å². The highest BCUT2D eigenvalue weighted by atomic mass is 19.1. The van der Waals surface area contributed by atoms with Gasteiger partial charge in [0, 0.05) is 6.07 Å². The summed E-state index contributed by atoms with van der Waals surface area (Å²) in [6.07, 6.45) is 0. The van der Waals surface area contributed by atoms with Crippen molar-refractivity contribution < 1.29 is 13.9 Å². The molecule has 6 heteroatoms. The summed E-state index contributed by atoms with van der Waals surface area (Å²) in [6, 6.07) is 7.34. The maximum Gasteiger partial charge on any atom is 0.358 e. The van der Waals surface area contributed by atoms with Crippen LogP contribution in [0.25, 0.3) is 5.69 Å². The molecule has 2 aromatic rings. The summed E-state index contributed by atoms with van der Waals surface area (Å²) < 4.78 is 19.2. The Labute approximate surface area is 96.6 Å². The molecule has 0 unspecified atom stereocenters. The van der Waals surface area contributed by atoms with E-state index in [0.717, 1.165) is 4.68 Å². The second kappa shape index (κ2) is 4.25. The molecule has 17 heavy (non-hydrogen) atoms. The number of benzene rings is 1. The zero-order valence-corrected chi connectivity index (χ0v) is 9.05. The average Bonchev–Trinajstić information content (AvgIpc) is 2.71. The van der Waals surface area contributed by atoms with E-state index in [-0.39, 0.29) is 17.2 Å². The highest BCUT2D eigenvalue weighted by molar-refractivity contribution is 5.88. The molecule has 0 aliphatic carbocycles. The molecule has 1 aromatic carbocycles. The molecule has 0 amide bonds. The molecule has 0 bridgehead atoms. The van der Waals surface area contributed by atoms with Crippen molar-refractivity contribution in [2.24, 2.45) is 0 Å². The summed E-state index contributed by atoms with van der Waals surface area (Å²) >= 11 is 0. The normalized spacial score (nSPS) is 10.2. The van der Waals surface area contributed by atoms with Crippen LogP contribution in [0.1, 0.15) is 10.5 Å². The van der Waals surface area contributed by atoms with Gasteiger partial charge in [-0.15, -0.1) is 0 Å². The summed E-state index contributed by atoms with van der Waals surface area (Å²) in [5.74, 6) is -0.930. The quantitative estimate of drug-likeness (QED) is 0.798. The van der Waals surface area contributed by atoms with Crippen LogP contribution in [0.5, 0.6) is 0 Å². The molecule has 2 rings (SSSR count). The smallest absolute Gasteiger partial charge is 0.358 e. The van der Waals surface area contributed by atoms with E-state index in [9.17, 15) is 9.18 Å². The summed E-state index contributed by atoms with van der Waals surface area (Å²) in [5.41, 5.74) is 5.88. The number of rotatable bonds is 2. The average molecular weight is 235 g/mol. The first-order valence-electron chi connectivity index (χ1n) is 4.82. The van der Waals surface area contributed by atoms with E-state index in [1.165, 1.54) is 25.3 Å². The Bertz CT molecular complexity index is 566. The molecule has 0 aliphatic rings. The van der Waals surface area contributed by atoms with Gasteiger partial charge < -0.3 is 10.5 Å². The molecule has 0 spiro atoms. The van der Waals surface area contributed by atoms with Crippen molar-refractivity contribution in [3.8, 4) is 5.69 Å². The van der Waals surface area contributed by atoms with Gasteiger partial charge >= 0.3 is 5.97 Å². The first kappa shape index (κ1) is 11.1. The predicted molar refractivity (Wildman–Crippen MR) is 59.3 cm³/mol. The molecule has 0 aliphatic heterocycles. The fourth-order valence-electron chi connectivity index (χ4n) is 1.42. The number of aromatic nitrogens is 2. The van der Waals surface area contributed by atoms with Crippen molar-refractivity contribution in [3.63, 3.8) is 0 Å². The van der Waals surface area contributed by atoms with Gasteiger partial charge in [-0.1, -0.05) is 12.1 Å². The summed E-state index contributed by atoms with van der Waals surface area (Å²) in [5, 5.41) is 3.89. The minimum absolute atomic E-state index is 0.0354. The lowest BCUT2D eigenvalue weighted by Gasteiger charge is -2.04. The maximum atomic E-state index is 13.5. The number of carbonyl (C=O) groups excluding carboxylic acids is 1. The molecule has 1 heterocycles. The highest BCUT2D eigenvalue weighted by Gasteiger charge is 2.15. The molecule has 88 valence electrons. The van der Waals surface area contributed by atoms with Gasteiger partial charge in [-0.2, -0.15) is 5.10 Å². The fraction of sp³-hybridized carbons (Fsp3) is 0.0909. The number of ether oxygens (including phenoxy) is 1. The fourth-order valence-corrected chi connectivity index (χ4v) is 1.42. The van der Waals surface area contributed by atoms with E-state index < -0.39 is 11.8 Å². The van der Waals surface area contributed by atoms with Crippen molar-refractivity contribution in [1.29, 1.82) is 0 Å². The largest absolute Gasteiger partial charge is 0.464 e. The number of methoxy groups -OCH3 is 1. The van der Waals surface area contributed by atoms with E-state index in [1.807, 2.05) is 0 Å². The second-order valence-electron chi connectivity index (χ2n) is 3.31. The lowest BCUT2D eigenvalue weighted by molar-refractivity contribution is 0.0593. The SMILES string of the molecule is COC(=O)c1cc(N)n(-c2ccccc2F)n1. The third-order valence-electron chi connectivity index (χ3n) is 2.21. The zero-order valence-electron chi connectivity index (χ0n) is 9.05. The van der Waals surface area contributed by atoms with Crippen LogP contribution in [-0.4, -0.2) is 22.9 Å². The molecular weight excluding hydrogens is 225 g/mol. The number of hydrogen-bond donors (Lipinski definition) is 1. The Morgan fingerprint density at radius 2 is 2.18 bits per heavy atom. The van der Waals surface area contributed by atoms with Gasteiger partial charge in [-0.05, 0) is 12.1 Å². The van der Waals surface area contributed by atoms with E-state index in [0.29, 0.717) is 0 Å². The van der Waals surface area contributed by atoms with Crippen molar-refractivity contribution in [3.05, 3.63) is 41.8 Å². The van der Waals surface area contributed by atoms with Crippen LogP contribution in [0.4, 0.5) is 10.2 Å². The topological polar surface area (TPSA) is 70.1 Å². The van der Waals surface area contributed by atoms with Crippen LogP contribution < -0.4 is 5.73 Å². The van der Waals surface area contributed by atoms with E-state index in [4.69, 9.17) is 5.73 Å². The first-order chi connectivity index (χ1) is 8.13. The number of anilines is 1. The van der Waals surface area contributed by atoms with Crippen molar-refractivity contribution in [2.75, 3.05) is 12.8 Å². The first-order valence-corrected chi connectivity index (χ1v) is 4.82. The summed E-state index contributed by atoms with van der Waals surface area (Å²) in [6.45, 7) is 0. The van der Waals surface area contributed by atoms with Crippen molar-refractivity contribution in [2.45, 2.75) is 0 Å². The molecule has 1 aromatic heterocycles. The number of carbonyl (C=O) groups is 1. The maximum absolute atomic E-state index is 13.5. The molecule has 0 fully saturated rings. The molecular formula is C11H10FN3O2. The van der Waals surface area contributed by atoms with Crippen LogP contribution in [0.3, 0.4) is 0 Å². The van der Waals surface area contributed by atoms with Gasteiger partial charge in [-0.3, -0.25) is 0 Å². The third-order valence-corrected chi connectivity index (χ3v) is 2.21. The minimum Gasteiger partial charge on any atom is -0.464 e. The second-order valence-corrected chi connectivity index (χ2v) is 3.31. The Morgan fingerprint density at radius 1 is 1.47 bits per heavy atom. The number of nitrogens with two attached hydrogens (primary N) is 1. The molecule has 0 saturated heterocycles. The van der Waals surface area contributed by atoms with Crippen LogP contribution in [0.15, 0.2) is 30.3 Å². The number of nitrogens with zero attached hydrogens (tertiary/aromatic N) is 2. The van der Waals surface area contributed by atoms with Gasteiger partial charge in [0.05, 0.1) is 7.11 Å². The van der Waals surface area contributed by atoms with Crippen molar-refractivity contribution in [1.82, 2.24) is 9.78 Å². The minimum atomic E-state index is -0.619. The highest BCUT2D eigenvalue weighted by Crippen LogP contribution is 2.17. The lowest BCUT2D eigenvalue weighted by Crippen LogP contribution is -2.06. The number of hydrogen-bond acceptors (Lipinski definition) is 4. The lowest BCUT2D eigenvalue weighted by atomic mass is 10.3. The predicted octanol–water partition coefficient (Wildman–Crippen LogP) is 1.38. The van der Waals surface area contributed by atoms with Gasteiger partial charge in [-0.25, -0.2) is 13.9 Å². The van der Waals surface area contributed by atoms with Gasteiger partial charge in [0.15, 0.2) is 5.69 Å². The van der Waals surface area contributed by atoms with Gasteiger partial charge in [0.25, 0.3) is 0 Å². The number of esters is 1. The van der Waals surface area contributed by atoms with Crippen LogP contribution >= 0.6 is 0 Å². The standard InChI is InChI=1S/C11H10FN3O2/c1-17-11(16)8-6-10(13)15(14-8)9-5-3-2-4-7(9)12/h2-6H,13H2,1H3. The summed E-state index contributed by atoms with van der Waals surface area (Å²) in [7, 11) is 1.24. The Kier molecular flexibility index (Phi) is 2.78. The molecule has 5 nitrogen and oxygen atoms in total. The van der Waals surface area contributed by atoms with Crippen LogP contribution in [-0.2, 0) is 4.74 Å². The molecule has 0 saturated carbocycles. The summed E-state index contributed by atoms with van der Waals surface area (Å²) in [4.78, 5) is 11.2. The van der Waals surface area contributed by atoms with Gasteiger partial charge in [0.2, 0.25) is 0 Å². The Balaban J connectivity index is 2.50. The Hall–Kier alpha value is -2.37. The number of para-hydroxylation sites is 1. The third kappa shape index (κ3) is 1.96. The van der Waals surface area contributed by atoms with Crippen molar-refractivity contribution >= 4 is 11.8 Å². The van der Waals surface area contributed by atoms with E-state index >= 15 is 0 Å². The number of halogens is 1. The van der Waals surface area contributed by atoms with Crippen LogP contribution in [0.2, 0.25) is 0 Å². The zero-order chi connectivity index (χ0) is 12.4. The Morgan fingerprint density at radius 3 is 2.82 bits per heavy atom. The molecule has 2 N–H and O–H groups in total. The van der Waals surface area contributed by atoms with E-state index in [1.54, 1.807) is 12.1 Å². The molecule has 0 atom stereocenters. The van der Waals surface area contributed by atoms with E-state index in [2.05, 4.69) is 9.84 Å². The van der Waals surface area contributed by atoms with Gasteiger partial charge in [0.1, 0.15) is 17.3 Å². The number of nitrogen functional groups attached to an aromatic ring is 1. The monoisotopic (exact) mass is 235 g/mol.